The molecule has 4 aromatic rings. The Hall–Kier alpha value is -4.00. The Morgan fingerprint density at radius 3 is 2.67 bits per heavy atom. The molecule has 0 aliphatic rings. The fourth-order valence-corrected chi connectivity index (χ4v) is 3.13. The molecule has 30 heavy (non-hydrogen) atoms. The molecule has 0 saturated carbocycles. The average molecular weight is 399 g/mol. The van der Waals surface area contributed by atoms with Crippen molar-refractivity contribution in [2.24, 2.45) is 0 Å². The van der Waals surface area contributed by atoms with E-state index in [2.05, 4.69) is 25.6 Å². The molecule has 0 bridgehead atoms. The molecule has 0 fully saturated rings. The van der Waals surface area contributed by atoms with E-state index in [4.69, 9.17) is 4.74 Å². The highest BCUT2D eigenvalue weighted by atomic mass is 16.5. The van der Waals surface area contributed by atoms with E-state index in [-0.39, 0.29) is 11.6 Å². The Morgan fingerprint density at radius 2 is 1.80 bits per heavy atom. The first-order chi connectivity index (χ1) is 14.6. The van der Waals surface area contributed by atoms with Crippen LogP contribution < -0.4 is 15.4 Å². The zero-order chi connectivity index (χ0) is 20.9. The summed E-state index contributed by atoms with van der Waals surface area (Å²) in [5.74, 6) is 1.27. The predicted octanol–water partition coefficient (Wildman–Crippen LogP) is 4.73. The fraction of sp³-hybridized carbons (Fsp3) is 0.130. The number of amides is 1. The second kappa shape index (κ2) is 8.57. The average Bonchev–Trinajstić information content (AvgIpc) is 2.75. The summed E-state index contributed by atoms with van der Waals surface area (Å²) in [5, 5.41) is 7.14. The summed E-state index contributed by atoms with van der Waals surface area (Å²) >= 11 is 0. The Bertz CT molecular complexity index is 1200. The lowest BCUT2D eigenvalue weighted by molar-refractivity contribution is 0.102. The molecule has 0 unspecified atom stereocenters. The molecule has 2 heterocycles. The van der Waals surface area contributed by atoms with Gasteiger partial charge in [0.1, 0.15) is 23.1 Å². The molecule has 2 N–H and O–H groups in total. The number of hydrogen-bond acceptors (Lipinski definition) is 6. The monoisotopic (exact) mass is 399 g/mol. The molecular weight excluding hydrogens is 378 g/mol. The smallest absolute Gasteiger partial charge is 0.274 e. The zero-order valence-electron chi connectivity index (χ0n) is 16.7. The lowest BCUT2D eigenvalue weighted by Gasteiger charge is -2.12. The summed E-state index contributed by atoms with van der Waals surface area (Å²) in [6.45, 7) is 4.15. The van der Waals surface area contributed by atoms with Gasteiger partial charge in [0.15, 0.2) is 0 Å². The highest BCUT2D eigenvalue weighted by Crippen LogP contribution is 2.26. The Morgan fingerprint density at radius 1 is 1.00 bits per heavy atom. The van der Waals surface area contributed by atoms with Gasteiger partial charge in [0.25, 0.3) is 5.91 Å². The minimum atomic E-state index is -0.341. The number of nitrogens with zero attached hydrogens (tertiary/aromatic N) is 3. The highest BCUT2D eigenvalue weighted by Gasteiger charge is 2.14. The van der Waals surface area contributed by atoms with Crippen LogP contribution in [0.25, 0.3) is 10.9 Å². The maximum Gasteiger partial charge on any atom is 0.274 e. The zero-order valence-corrected chi connectivity index (χ0v) is 16.7. The van der Waals surface area contributed by atoms with E-state index < -0.39 is 0 Å². The van der Waals surface area contributed by atoms with E-state index >= 15 is 0 Å². The number of fused-ring (bicyclic) bond motifs is 1. The molecule has 7 nitrogen and oxygen atoms in total. The summed E-state index contributed by atoms with van der Waals surface area (Å²) in [6.07, 6.45) is 1.74. The third kappa shape index (κ3) is 4.20. The summed E-state index contributed by atoms with van der Waals surface area (Å²) in [4.78, 5) is 26.0. The number of carbonyl (C=O) groups is 1. The van der Waals surface area contributed by atoms with Crippen LogP contribution in [0.15, 0.2) is 66.9 Å². The number of para-hydroxylation sites is 3. The molecule has 4 rings (SSSR count). The first-order valence-electron chi connectivity index (χ1n) is 9.63. The molecule has 150 valence electrons. The lowest BCUT2D eigenvalue weighted by Crippen LogP contribution is -2.16. The molecule has 7 heteroatoms. The number of hydrogen-bond donors (Lipinski definition) is 2. The third-order valence-electron chi connectivity index (χ3n) is 4.40. The molecule has 0 atom stereocenters. The topological polar surface area (TPSA) is 89.0 Å². The number of pyridine rings is 1. The maximum absolute atomic E-state index is 12.8. The maximum atomic E-state index is 12.8. The van der Waals surface area contributed by atoms with Gasteiger partial charge in [-0.1, -0.05) is 30.3 Å². The minimum Gasteiger partial charge on any atom is -0.492 e. The van der Waals surface area contributed by atoms with Crippen LogP contribution in [0.3, 0.4) is 0 Å². The molecule has 0 radical (unpaired) electrons. The lowest BCUT2D eigenvalue weighted by atomic mass is 10.2. The minimum absolute atomic E-state index is 0.254. The van der Waals surface area contributed by atoms with Crippen molar-refractivity contribution < 1.29 is 9.53 Å². The van der Waals surface area contributed by atoms with Gasteiger partial charge in [0.05, 0.1) is 23.5 Å². The van der Waals surface area contributed by atoms with Crippen molar-refractivity contribution in [3.8, 4) is 5.75 Å². The van der Waals surface area contributed by atoms with Gasteiger partial charge >= 0.3 is 0 Å². The summed E-state index contributed by atoms with van der Waals surface area (Å²) in [6, 6.07) is 18.7. The van der Waals surface area contributed by atoms with E-state index in [1.54, 1.807) is 25.3 Å². The number of rotatable bonds is 6. The van der Waals surface area contributed by atoms with E-state index in [1.807, 2.05) is 55.5 Å². The van der Waals surface area contributed by atoms with Crippen LogP contribution in [0.2, 0.25) is 0 Å². The summed E-state index contributed by atoms with van der Waals surface area (Å²) in [7, 11) is 0. The predicted molar refractivity (Wildman–Crippen MR) is 117 cm³/mol. The SMILES string of the molecule is CCOc1ccccc1NC(=O)c1cc(Nc2cccc3cccnc23)nc(C)n1. The molecule has 2 aromatic heterocycles. The van der Waals surface area contributed by atoms with Crippen LogP contribution in [0, 0.1) is 6.92 Å². The van der Waals surface area contributed by atoms with Gasteiger partial charge in [0, 0.05) is 17.6 Å². The van der Waals surface area contributed by atoms with Crippen molar-refractivity contribution >= 4 is 34.0 Å². The fourth-order valence-electron chi connectivity index (χ4n) is 3.13. The first-order valence-corrected chi connectivity index (χ1v) is 9.63. The molecule has 0 spiro atoms. The van der Waals surface area contributed by atoms with Gasteiger partial charge < -0.3 is 15.4 Å². The van der Waals surface area contributed by atoms with E-state index in [0.717, 1.165) is 16.6 Å². The van der Waals surface area contributed by atoms with Gasteiger partial charge in [-0.15, -0.1) is 0 Å². The number of carbonyl (C=O) groups excluding carboxylic acids is 1. The number of ether oxygens (including phenoxy) is 1. The Kier molecular flexibility index (Phi) is 5.52. The van der Waals surface area contributed by atoms with Gasteiger partial charge in [-0.05, 0) is 38.1 Å². The van der Waals surface area contributed by atoms with Crippen LogP contribution in [-0.2, 0) is 0 Å². The van der Waals surface area contributed by atoms with Crippen LogP contribution in [0.4, 0.5) is 17.2 Å². The number of aryl methyl sites for hydroxylation is 1. The molecule has 0 saturated heterocycles. The van der Waals surface area contributed by atoms with Crippen molar-refractivity contribution in [1.29, 1.82) is 0 Å². The molecule has 2 aromatic carbocycles. The van der Waals surface area contributed by atoms with Crippen LogP contribution >= 0.6 is 0 Å². The van der Waals surface area contributed by atoms with E-state index in [1.165, 1.54) is 0 Å². The standard InChI is InChI=1S/C23H21N5O2/c1-3-30-20-12-5-4-10-17(20)28-23(29)19-14-21(26-15(2)25-19)27-18-11-6-8-16-9-7-13-24-22(16)18/h4-14H,3H2,1-2H3,(H,28,29)(H,25,26,27). The quantitative estimate of drug-likeness (QED) is 0.487. The Balaban J connectivity index is 1.61. The van der Waals surface area contributed by atoms with Crippen molar-refractivity contribution in [2.45, 2.75) is 13.8 Å². The van der Waals surface area contributed by atoms with Crippen molar-refractivity contribution in [2.75, 3.05) is 17.2 Å². The molecular formula is C23H21N5O2. The first kappa shape index (κ1) is 19.3. The van der Waals surface area contributed by atoms with Crippen LogP contribution in [0.1, 0.15) is 23.2 Å². The number of benzene rings is 2. The summed E-state index contributed by atoms with van der Waals surface area (Å²) in [5.41, 5.74) is 2.48. The van der Waals surface area contributed by atoms with Gasteiger partial charge in [-0.2, -0.15) is 0 Å². The second-order valence-corrected chi connectivity index (χ2v) is 6.57. The number of aromatic nitrogens is 3. The van der Waals surface area contributed by atoms with Gasteiger partial charge in [-0.3, -0.25) is 9.78 Å². The van der Waals surface area contributed by atoms with Crippen molar-refractivity contribution in [3.63, 3.8) is 0 Å². The largest absolute Gasteiger partial charge is 0.492 e. The summed E-state index contributed by atoms with van der Waals surface area (Å²) < 4.78 is 5.57. The highest BCUT2D eigenvalue weighted by molar-refractivity contribution is 6.04. The van der Waals surface area contributed by atoms with Crippen LogP contribution in [-0.4, -0.2) is 27.5 Å². The number of anilines is 3. The van der Waals surface area contributed by atoms with Gasteiger partial charge in [0.2, 0.25) is 0 Å². The van der Waals surface area contributed by atoms with Crippen LogP contribution in [0.5, 0.6) is 5.75 Å². The molecule has 0 aliphatic heterocycles. The second-order valence-electron chi connectivity index (χ2n) is 6.57. The van der Waals surface area contributed by atoms with Crippen molar-refractivity contribution in [1.82, 2.24) is 15.0 Å². The van der Waals surface area contributed by atoms with E-state index in [0.29, 0.717) is 29.7 Å². The van der Waals surface area contributed by atoms with E-state index in [9.17, 15) is 4.79 Å². The molecule has 1 amide bonds. The Labute approximate surface area is 174 Å². The van der Waals surface area contributed by atoms with Gasteiger partial charge in [-0.25, -0.2) is 9.97 Å². The normalized spacial score (nSPS) is 10.6. The van der Waals surface area contributed by atoms with Crippen molar-refractivity contribution in [3.05, 3.63) is 78.4 Å². The number of nitrogens with one attached hydrogen (secondary N) is 2. The molecule has 0 aliphatic carbocycles. The third-order valence-corrected chi connectivity index (χ3v) is 4.40.